The van der Waals surface area contributed by atoms with Gasteiger partial charge in [0.25, 0.3) is 5.91 Å². The highest BCUT2D eigenvalue weighted by Gasteiger charge is 2.30. The third-order valence-corrected chi connectivity index (χ3v) is 6.21. The van der Waals surface area contributed by atoms with E-state index in [-0.39, 0.29) is 5.91 Å². The molecule has 2 aromatic rings. The first-order valence-corrected chi connectivity index (χ1v) is 11.5. The van der Waals surface area contributed by atoms with Gasteiger partial charge >= 0.3 is 0 Å². The van der Waals surface area contributed by atoms with Crippen LogP contribution in [-0.2, 0) is 11.2 Å². The van der Waals surface area contributed by atoms with Crippen molar-refractivity contribution in [2.24, 2.45) is 0 Å². The highest BCUT2D eigenvalue weighted by Crippen LogP contribution is 2.34. The molecule has 1 fully saturated rings. The molecular formula is C23H24ClNO3S2. The first-order chi connectivity index (χ1) is 14.5. The monoisotopic (exact) mass is 461 g/mol. The molecule has 0 atom stereocenters. The highest BCUT2D eigenvalue weighted by atomic mass is 35.5. The van der Waals surface area contributed by atoms with E-state index in [1.165, 1.54) is 17.3 Å². The van der Waals surface area contributed by atoms with Gasteiger partial charge in [-0.2, -0.15) is 0 Å². The lowest BCUT2D eigenvalue weighted by Gasteiger charge is -2.11. The van der Waals surface area contributed by atoms with Crippen LogP contribution in [0.25, 0.3) is 6.08 Å². The third-order valence-electron chi connectivity index (χ3n) is 4.59. The molecule has 0 unspecified atom stereocenters. The second-order valence-corrected chi connectivity index (χ2v) is 8.77. The number of amides is 1. The number of hydrogen-bond acceptors (Lipinski definition) is 5. The molecule has 4 nitrogen and oxygen atoms in total. The molecule has 1 aliphatic heterocycles. The van der Waals surface area contributed by atoms with E-state index in [9.17, 15) is 4.79 Å². The maximum absolute atomic E-state index is 12.5. The minimum Gasteiger partial charge on any atom is -0.493 e. The van der Waals surface area contributed by atoms with Crippen LogP contribution in [0.1, 0.15) is 31.4 Å². The summed E-state index contributed by atoms with van der Waals surface area (Å²) in [4.78, 5) is 14.6. The van der Waals surface area contributed by atoms with Gasteiger partial charge in [-0.25, -0.2) is 0 Å². The van der Waals surface area contributed by atoms with Crippen LogP contribution in [0.3, 0.4) is 0 Å². The Kier molecular flexibility index (Phi) is 8.19. The maximum Gasteiger partial charge on any atom is 0.266 e. The first-order valence-electron chi connectivity index (χ1n) is 9.91. The molecule has 0 N–H and O–H groups in total. The standard InChI is InChI=1S/C23H24ClNO3S2/c1-3-16-6-9-19(10-7-16)27-12-5-13-28-20-11-8-18(24)14-17(20)15-21-22(26)25(4-2)23(29)30-21/h6-11,14-15H,3-5,12-13H2,1-2H3/b21-15-. The Labute approximate surface area is 192 Å². The molecular weight excluding hydrogens is 438 g/mol. The van der Waals surface area contributed by atoms with Crippen molar-refractivity contribution in [3.8, 4) is 11.5 Å². The number of likely N-dealkylation sites (N-methyl/N-ethyl adjacent to an activating group) is 1. The van der Waals surface area contributed by atoms with Gasteiger partial charge in [-0.15, -0.1) is 0 Å². The Hall–Kier alpha value is -2.02. The molecule has 0 radical (unpaired) electrons. The topological polar surface area (TPSA) is 38.8 Å². The zero-order chi connectivity index (χ0) is 21.5. The fourth-order valence-electron chi connectivity index (χ4n) is 2.93. The van der Waals surface area contributed by atoms with E-state index >= 15 is 0 Å². The van der Waals surface area contributed by atoms with E-state index in [0.29, 0.717) is 39.8 Å². The summed E-state index contributed by atoms with van der Waals surface area (Å²) < 4.78 is 12.3. The van der Waals surface area contributed by atoms with Crippen LogP contribution in [0.4, 0.5) is 0 Å². The lowest BCUT2D eigenvalue weighted by molar-refractivity contribution is -0.121. The summed E-state index contributed by atoms with van der Waals surface area (Å²) in [5.41, 5.74) is 2.05. The Morgan fingerprint density at radius 2 is 1.83 bits per heavy atom. The van der Waals surface area contributed by atoms with E-state index in [1.54, 1.807) is 23.1 Å². The number of thiocarbonyl (C=S) groups is 1. The van der Waals surface area contributed by atoms with Gasteiger partial charge < -0.3 is 9.47 Å². The number of ether oxygens (including phenoxy) is 2. The Morgan fingerprint density at radius 3 is 2.50 bits per heavy atom. The second-order valence-electron chi connectivity index (χ2n) is 6.66. The number of carbonyl (C=O) groups is 1. The van der Waals surface area contributed by atoms with Crippen molar-refractivity contribution in [1.29, 1.82) is 0 Å². The van der Waals surface area contributed by atoms with Crippen molar-refractivity contribution in [2.75, 3.05) is 19.8 Å². The van der Waals surface area contributed by atoms with Crippen molar-refractivity contribution in [3.63, 3.8) is 0 Å². The molecule has 1 aliphatic rings. The highest BCUT2D eigenvalue weighted by molar-refractivity contribution is 8.26. The van der Waals surface area contributed by atoms with E-state index in [2.05, 4.69) is 19.1 Å². The Balaban J connectivity index is 1.58. The molecule has 1 saturated heterocycles. The average Bonchev–Trinajstić information content (AvgIpc) is 3.01. The summed E-state index contributed by atoms with van der Waals surface area (Å²) >= 11 is 12.7. The number of aryl methyl sites for hydroxylation is 1. The molecule has 0 saturated carbocycles. The lowest BCUT2D eigenvalue weighted by Crippen LogP contribution is -2.27. The van der Waals surface area contributed by atoms with E-state index in [1.807, 2.05) is 25.1 Å². The fraction of sp³-hybridized carbons (Fsp3) is 0.304. The number of rotatable bonds is 9. The number of halogens is 1. The van der Waals surface area contributed by atoms with Crippen LogP contribution in [0, 0.1) is 0 Å². The quantitative estimate of drug-likeness (QED) is 0.261. The SMILES string of the molecule is CCc1ccc(OCCCOc2ccc(Cl)cc2/C=C2\SC(=S)N(CC)C2=O)cc1. The van der Waals surface area contributed by atoms with Crippen molar-refractivity contribution in [3.05, 3.63) is 63.5 Å². The molecule has 1 amide bonds. The van der Waals surface area contributed by atoms with Gasteiger partial charge in [-0.1, -0.05) is 54.6 Å². The minimum absolute atomic E-state index is 0.0825. The van der Waals surface area contributed by atoms with Crippen LogP contribution in [0.2, 0.25) is 5.02 Å². The zero-order valence-corrected chi connectivity index (χ0v) is 19.4. The predicted octanol–water partition coefficient (Wildman–Crippen LogP) is 5.97. The van der Waals surface area contributed by atoms with E-state index < -0.39 is 0 Å². The Morgan fingerprint density at radius 1 is 1.10 bits per heavy atom. The van der Waals surface area contributed by atoms with Crippen LogP contribution < -0.4 is 9.47 Å². The smallest absolute Gasteiger partial charge is 0.266 e. The fourth-order valence-corrected chi connectivity index (χ4v) is 4.49. The predicted molar refractivity (Wildman–Crippen MR) is 128 cm³/mol. The van der Waals surface area contributed by atoms with Crippen molar-refractivity contribution >= 4 is 51.9 Å². The number of nitrogens with zero attached hydrogens (tertiary/aromatic N) is 1. The second kappa shape index (κ2) is 10.8. The summed E-state index contributed by atoms with van der Waals surface area (Å²) in [7, 11) is 0. The average molecular weight is 462 g/mol. The molecule has 0 spiro atoms. The molecule has 0 aromatic heterocycles. The molecule has 30 heavy (non-hydrogen) atoms. The molecule has 3 rings (SSSR count). The van der Waals surface area contributed by atoms with Crippen LogP contribution in [0.5, 0.6) is 11.5 Å². The molecule has 158 valence electrons. The van der Waals surface area contributed by atoms with Gasteiger partial charge in [0.05, 0.1) is 18.1 Å². The van der Waals surface area contributed by atoms with Gasteiger partial charge in [0.2, 0.25) is 0 Å². The van der Waals surface area contributed by atoms with Gasteiger partial charge in [0, 0.05) is 23.6 Å². The van der Waals surface area contributed by atoms with Gasteiger partial charge in [0.15, 0.2) is 0 Å². The molecule has 0 aliphatic carbocycles. The van der Waals surface area contributed by atoms with Crippen molar-refractivity contribution < 1.29 is 14.3 Å². The summed E-state index contributed by atoms with van der Waals surface area (Å²) in [6.07, 6.45) is 3.54. The van der Waals surface area contributed by atoms with E-state index in [4.69, 9.17) is 33.3 Å². The third kappa shape index (κ3) is 5.78. The maximum atomic E-state index is 12.5. The number of thioether (sulfide) groups is 1. The zero-order valence-electron chi connectivity index (χ0n) is 17.0. The van der Waals surface area contributed by atoms with Crippen LogP contribution in [0.15, 0.2) is 47.4 Å². The van der Waals surface area contributed by atoms with Crippen LogP contribution >= 0.6 is 35.6 Å². The molecule has 2 aromatic carbocycles. The van der Waals surface area contributed by atoms with Gasteiger partial charge in [-0.05, 0) is 55.3 Å². The van der Waals surface area contributed by atoms with Gasteiger partial charge in [0.1, 0.15) is 15.8 Å². The van der Waals surface area contributed by atoms with Gasteiger partial charge in [-0.3, -0.25) is 9.69 Å². The molecule has 1 heterocycles. The molecule has 7 heteroatoms. The van der Waals surface area contributed by atoms with Crippen LogP contribution in [-0.4, -0.2) is 34.9 Å². The summed E-state index contributed by atoms with van der Waals surface area (Å²) in [5.74, 6) is 1.45. The van der Waals surface area contributed by atoms with Crippen molar-refractivity contribution in [1.82, 2.24) is 4.90 Å². The van der Waals surface area contributed by atoms with Crippen molar-refractivity contribution in [2.45, 2.75) is 26.7 Å². The Bertz CT molecular complexity index is 944. The largest absolute Gasteiger partial charge is 0.493 e. The van der Waals surface area contributed by atoms with E-state index in [0.717, 1.165) is 24.2 Å². The number of carbonyl (C=O) groups excluding carboxylic acids is 1. The first kappa shape index (κ1) is 22.7. The number of hydrogen-bond donors (Lipinski definition) is 0. The number of benzene rings is 2. The molecule has 0 bridgehead atoms. The normalized spacial score (nSPS) is 15.2. The lowest BCUT2D eigenvalue weighted by atomic mass is 10.2. The summed E-state index contributed by atoms with van der Waals surface area (Å²) in [6.45, 7) is 5.64. The minimum atomic E-state index is -0.0825. The summed E-state index contributed by atoms with van der Waals surface area (Å²) in [6, 6.07) is 13.5. The summed E-state index contributed by atoms with van der Waals surface area (Å²) in [5, 5.41) is 0.582.